The van der Waals surface area contributed by atoms with Crippen LogP contribution in [0.3, 0.4) is 0 Å². The van der Waals surface area contributed by atoms with Gasteiger partial charge in [-0.05, 0) is 31.0 Å². The summed E-state index contributed by atoms with van der Waals surface area (Å²) in [7, 11) is 0. The average Bonchev–Trinajstić information content (AvgIpc) is 2.49. The number of rotatable bonds is 6. The first-order chi connectivity index (χ1) is 10.7. The number of nitrogens with zero attached hydrogens (tertiary/aromatic N) is 1. The first kappa shape index (κ1) is 18.7. The van der Waals surface area contributed by atoms with Crippen molar-refractivity contribution in [3.8, 4) is 0 Å². The van der Waals surface area contributed by atoms with E-state index in [0.717, 1.165) is 12.8 Å². The van der Waals surface area contributed by atoms with Gasteiger partial charge in [0.15, 0.2) is 0 Å². The maximum absolute atomic E-state index is 12.2. The predicted octanol–water partition coefficient (Wildman–Crippen LogP) is 3.22. The van der Waals surface area contributed by atoms with Gasteiger partial charge in [-0.25, -0.2) is 5.43 Å². The molecule has 8 heteroatoms. The maximum Gasteiger partial charge on any atom is 0.471 e. The molecule has 0 aromatic heterocycles. The molecule has 0 aliphatic heterocycles. The number of hydrazone groups is 1. The summed E-state index contributed by atoms with van der Waals surface area (Å²) in [5.41, 5.74) is 3.28. The molecule has 0 unspecified atom stereocenters. The van der Waals surface area contributed by atoms with Gasteiger partial charge >= 0.3 is 12.1 Å². The molecule has 126 valence electrons. The van der Waals surface area contributed by atoms with Crippen LogP contribution in [-0.2, 0) is 9.59 Å². The molecule has 0 bridgehead atoms. The van der Waals surface area contributed by atoms with Gasteiger partial charge in [0.1, 0.15) is 0 Å². The van der Waals surface area contributed by atoms with Crippen molar-refractivity contribution in [3.05, 3.63) is 29.8 Å². The van der Waals surface area contributed by atoms with E-state index < -0.39 is 12.1 Å². The van der Waals surface area contributed by atoms with Gasteiger partial charge in [-0.3, -0.25) is 9.59 Å². The number of anilines is 1. The van der Waals surface area contributed by atoms with Gasteiger partial charge in [0, 0.05) is 12.1 Å². The van der Waals surface area contributed by atoms with Crippen molar-refractivity contribution in [1.82, 2.24) is 5.43 Å². The molecular formula is C15H18F3N3O2. The molecule has 0 radical (unpaired) electrons. The Morgan fingerprint density at radius 2 is 1.96 bits per heavy atom. The summed E-state index contributed by atoms with van der Waals surface area (Å²) in [4.78, 5) is 22.4. The topological polar surface area (TPSA) is 70.6 Å². The Hall–Kier alpha value is -2.38. The number of carbonyl (C=O) groups excluding carboxylic acids is 2. The second-order valence-corrected chi connectivity index (χ2v) is 4.87. The van der Waals surface area contributed by atoms with Crippen LogP contribution in [0, 0.1) is 0 Å². The van der Waals surface area contributed by atoms with Crippen LogP contribution in [0.5, 0.6) is 0 Å². The summed E-state index contributed by atoms with van der Waals surface area (Å²) in [5.74, 6) is -2.27. The molecule has 2 N–H and O–H groups in total. The van der Waals surface area contributed by atoms with Crippen molar-refractivity contribution >= 4 is 23.2 Å². The minimum absolute atomic E-state index is 0.00307. The number of hydrogen-bond acceptors (Lipinski definition) is 3. The Bertz CT molecular complexity index is 598. The van der Waals surface area contributed by atoms with Gasteiger partial charge in [0.2, 0.25) is 5.91 Å². The van der Waals surface area contributed by atoms with Crippen LogP contribution in [0.1, 0.15) is 38.7 Å². The molecule has 0 heterocycles. The molecule has 0 aliphatic carbocycles. The van der Waals surface area contributed by atoms with Crippen molar-refractivity contribution < 1.29 is 22.8 Å². The van der Waals surface area contributed by atoms with E-state index in [1.165, 1.54) is 18.2 Å². The fourth-order valence-electron chi connectivity index (χ4n) is 1.63. The number of alkyl halides is 3. The Morgan fingerprint density at radius 1 is 1.26 bits per heavy atom. The number of unbranched alkanes of at least 4 members (excludes halogenated alkanes) is 1. The largest absolute Gasteiger partial charge is 0.471 e. The number of benzene rings is 1. The zero-order valence-corrected chi connectivity index (χ0v) is 12.8. The highest BCUT2D eigenvalue weighted by Crippen LogP contribution is 2.19. The second kappa shape index (κ2) is 8.30. The zero-order valence-electron chi connectivity index (χ0n) is 12.8. The Labute approximate surface area is 132 Å². The fourth-order valence-corrected chi connectivity index (χ4v) is 1.63. The zero-order chi connectivity index (χ0) is 17.5. The van der Waals surface area contributed by atoms with Gasteiger partial charge in [-0.2, -0.15) is 18.3 Å². The fraction of sp³-hybridized carbons (Fsp3) is 0.400. The van der Waals surface area contributed by atoms with E-state index in [2.05, 4.69) is 10.5 Å². The Kier molecular flexibility index (Phi) is 6.74. The van der Waals surface area contributed by atoms with Gasteiger partial charge < -0.3 is 5.32 Å². The third-order valence-corrected chi connectivity index (χ3v) is 2.90. The van der Waals surface area contributed by atoms with Crippen molar-refractivity contribution in [3.63, 3.8) is 0 Å². The molecule has 0 atom stereocenters. The lowest BCUT2D eigenvalue weighted by Crippen LogP contribution is -2.29. The Morgan fingerprint density at radius 3 is 2.57 bits per heavy atom. The van der Waals surface area contributed by atoms with Gasteiger partial charge in [0.05, 0.1) is 5.71 Å². The minimum atomic E-state index is -4.95. The monoisotopic (exact) mass is 329 g/mol. The van der Waals surface area contributed by atoms with Crippen LogP contribution in [-0.4, -0.2) is 23.7 Å². The molecule has 1 aromatic carbocycles. The number of halogens is 3. The number of nitrogens with one attached hydrogen (secondary N) is 2. The maximum atomic E-state index is 12.2. The van der Waals surface area contributed by atoms with E-state index >= 15 is 0 Å². The summed E-state index contributed by atoms with van der Waals surface area (Å²) in [6, 6.07) is 5.78. The summed E-state index contributed by atoms with van der Waals surface area (Å²) >= 11 is 0. The average molecular weight is 329 g/mol. The van der Waals surface area contributed by atoms with Crippen molar-refractivity contribution in [2.75, 3.05) is 5.32 Å². The van der Waals surface area contributed by atoms with Crippen LogP contribution >= 0.6 is 0 Å². The second-order valence-electron chi connectivity index (χ2n) is 4.87. The summed E-state index contributed by atoms with van der Waals surface area (Å²) in [6.07, 6.45) is -2.96. The molecule has 1 aromatic rings. The highest BCUT2D eigenvalue weighted by Gasteiger charge is 2.38. The van der Waals surface area contributed by atoms with E-state index in [1.54, 1.807) is 18.3 Å². The molecule has 2 amide bonds. The van der Waals surface area contributed by atoms with Crippen LogP contribution in [0.15, 0.2) is 29.4 Å². The molecule has 0 aliphatic rings. The highest BCUT2D eigenvalue weighted by molar-refractivity contribution is 6.01. The molecule has 0 spiro atoms. The van der Waals surface area contributed by atoms with Gasteiger partial charge in [0.25, 0.3) is 0 Å². The van der Waals surface area contributed by atoms with E-state index in [9.17, 15) is 22.8 Å². The molecule has 0 fully saturated rings. The van der Waals surface area contributed by atoms with Crippen molar-refractivity contribution in [1.29, 1.82) is 0 Å². The van der Waals surface area contributed by atoms with Crippen LogP contribution < -0.4 is 10.7 Å². The number of amides is 2. The molecule has 5 nitrogen and oxygen atoms in total. The summed E-state index contributed by atoms with van der Waals surface area (Å²) in [5, 5.41) is 5.66. The van der Waals surface area contributed by atoms with E-state index in [1.807, 2.05) is 6.92 Å². The lowest BCUT2D eigenvalue weighted by Gasteiger charge is -2.09. The number of hydrogen-bond donors (Lipinski definition) is 2. The van der Waals surface area contributed by atoms with Gasteiger partial charge in [-0.15, -0.1) is 0 Å². The molecule has 1 rings (SSSR count). The third kappa shape index (κ3) is 6.50. The van der Waals surface area contributed by atoms with Crippen LogP contribution in [0.25, 0.3) is 0 Å². The standard InChI is InChI=1S/C15H18F3N3O2/c1-3-4-8-13(22)21-20-10(2)11-6-5-7-12(9-11)19-14(23)15(16,17)18/h5-7,9H,3-4,8H2,1-2H3,(H,19,23)(H,21,22)/b20-10-. The highest BCUT2D eigenvalue weighted by atomic mass is 19.4. The lowest BCUT2D eigenvalue weighted by atomic mass is 10.1. The molecule has 0 saturated carbocycles. The quantitative estimate of drug-likeness (QED) is 0.621. The van der Waals surface area contributed by atoms with E-state index in [0.29, 0.717) is 17.7 Å². The molecule has 0 saturated heterocycles. The number of carbonyl (C=O) groups is 2. The third-order valence-electron chi connectivity index (χ3n) is 2.90. The van der Waals surface area contributed by atoms with Gasteiger partial charge in [-0.1, -0.05) is 25.5 Å². The van der Waals surface area contributed by atoms with E-state index in [4.69, 9.17) is 0 Å². The Balaban J connectivity index is 2.75. The summed E-state index contributed by atoms with van der Waals surface area (Å²) < 4.78 is 36.7. The molecule has 23 heavy (non-hydrogen) atoms. The normalized spacial score (nSPS) is 12.0. The van der Waals surface area contributed by atoms with Crippen LogP contribution in [0.2, 0.25) is 0 Å². The first-order valence-corrected chi connectivity index (χ1v) is 7.05. The van der Waals surface area contributed by atoms with Crippen LogP contribution in [0.4, 0.5) is 18.9 Å². The molecular weight excluding hydrogens is 311 g/mol. The lowest BCUT2D eigenvalue weighted by molar-refractivity contribution is -0.167. The van der Waals surface area contributed by atoms with Crippen molar-refractivity contribution in [2.24, 2.45) is 5.10 Å². The SMILES string of the molecule is CCCCC(=O)N/N=C(/C)c1cccc(NC(=O)C(F)(F)F)c1. The predicted molar refractivity (Wildman–Crippen MR) is 81.0 cm³/mol. The van der Waals surface area contributed by atoms with Crippen molar-refractivity contribution in [2.45, 2.75) is 39.3 Å². The smallest absolute Gasteiger partial charge is 0.318 e. The van der Waals surface area contributed by atoms with E-state index in [-0.39, 0.29) is 11.6 Å². The minimum Gasteiger partial charge on any atom is -0.318 e. The summed E-state index contributed by atoms with van der Waals surface area (Å²) in [6.45, 7) is 3.56. The first-order valence-electron chi connectivity index (χ1n) is 7.05.